The molecule has 0 unspecified atom stereocenters. The van der Waals surface area contributed by atoms with Gasteiger partial charge >= 0.3 is 0 Å². The van der Waals surface area contributed by atoms with E-state index in [9.17, 15) is 4.79 Å². The number of rotatable bonds is 3. The highest BCUT2D eigenvalue weighted by atomic mass is 35.5. The van der Waals surface area contributed by atoms with Crippen LogP contribution in [-0.4, -0.2) is 26.2 Å². The predicted molar refractivity (Wildman–Crippen MR) is 93.4 cm³/mol. The fraction of sp³-hybridized carbons (Fsp3) is 0.188. The second-order valence-electron chi connectivity index (χ2n) is 4.90. The minimum atomic E-state index is -0.417. The van der Waals surface area contributed by atoms with Gasteiger partial charge < -0.3 is 19.5 Å². The molecule has 0 fully saturated rings. The van der Waals surface area contributed by atoms with Gasteiger partial charge in [-0.15, -0.1) is 0 Å². The number of hydrogen-bond donors (Lipinski definition) is 1. The molecule has 1 aliphatic rings. The summed E-state index contributed by atoms with van der Waals surface area (Å²) in [4.78, 5) is 12.4. The Labute approximate surface area is 153 Å². The van der Waals surface area contributed by atoms with Gasteiger partial charge in [0.1, 0.15) is 13.2 Å². The number of hydrogen-bond acceptors (Lipinski definition) is 4. The average molecular weight is 389 g/mol. The normalized spacial score (nSPS) is 12.7. The fourth-order valence-electron chi connectivity index (χ4n) is 2.24. The Balaban J connectivity index is 1.87. The molecule has 1 heterocycles. The number of anilines is 1. The molecule has 5 nitrogen and oxygen atoms in total. The second-order valence-corrected chi connectivity index (χ2v) is 6.12. The van der Waals surface area contributed by atoms with Crippen LogP contribution in [0.4, 0.5) is 5.69 Å². The molecule has 0 aliphatic carbocycles. The summed E-state index contributed by atoms with van der Waals surface area (Å²) in [5, 5.41) is 3.51. The Hall–Kier alpha value is -1.82. The summed E-state index contributed by atoms with van der Waals surface area (Å²) in [5.41, 5.74) is 0.672. The molecule has 0 bridgehead atoms. The molecule has 8 heteroatoms. The first-order valence-electron chi connectivity index (χ1n) is 6.93. The molecule has 24 heavy (non-hydrogen) atoms. The van der Waals surface area contributed by atoms with Crippen LogP contribution in [0.25, 0.3) is 0 Å². The summed E-state index contributed by atoms with van der Waals surface area (Å²) in [7, 11) is 1.45. The zero-order valence-electron chi connectivity index (χ0n) is 12.5. The van der Waals surface area contributed by atoms with E-state index >= 15 is 0 Å². The molecule has 0 radical (unpaired) electrons. The number of ether oxygens (including phenoxy) is 3. The van der Waals surface area contributed by atoms with E-state index in [1.165, 1.54) is 19.2 Å². The summed E-state index contributed by atoms with van der Waals surface area (Å²) in [6.07, 6.45) is 0. The van der Waals surface area contributed by atoms with E-state index in [1.807, 2.05) is 0 Å². The number of nitrogens with one attached hydrogen (secondary N) is 1. The Kier molecular flexibility index (Phi) is 4.94. The minimum absolute atomic E-state index is 0.239. The van der Waals surface area contributed by atoms with Gasteiger partial charge in [0.25, 0.3) is 5.91 Å². The van der Waals surface area contributed by atoms with Crippen molar-refractivity contribution >= 4 is 46.4 Å². The van der Waals surface area contributed by atoms with Gasteiger partial charge in [0, 0.05) is 17.7 Å². The van der Waals surface area contributed by atoms with E-state index in [2.05, 4.69) is 5.32 Å². The van der Waals surface area contributed by atoms with Crippen molar-refractivity contribution in [3.8, 4) is 17.2 Å². The van der Waals surface area contributed by atoms with Crippen LogP contribution in [0.15, 0.2) is 24.3 Å². The van der Waals surface area contributed by atoms with Gasteiger partial charge in [-0.05, 0) is 12.1 Å². The van der Waals surface area contributed by atoms with Gasteiger partial charge in [0.2, 0.25) is 0 Å². The summed E-state index contributed by atoms with van der Waals surface area (Å²) in [6, 6.07) is 6.14. The number of amides is 1. The lowest BCUT2D eigenvalue weighted by Crippen LogP contribution is -2.17. The van der Waals surface area contributed by atoms with Crippen LogP contribution < -0.4 is 19.5 Å². The molecule has 1 N–H and O–H groups in total. The van der Waals surface area contributed by atoms with E-state index in [0.717, 1.165) is 0 Å². The maximum atomic E-state index is 12.4. The van der Waals surface area contributed by atoms with Crippen LogP contribution >= 0.6 is 34.8 Å². The van der Waals surface area contributed by atoms with Crippen LogP contribution in [0.5, 0.6) is 17.2 Å². The molecular weight excluding hydrogens is 377 g/mol. The highest BCUT2D eigenvalue weighted by Gasteiger charge is 2.18. The summed E-state index contributed by atoms with van der Waals surface area (Å²) >= 11 is 18.3. The van der Waals surface area contributed by atoms with Gasteiger partial charge in [-0.2, -0.15) is 0 Å². The van der Waals surface area contributed by atoms with E-state index in [0.29, 0.717) is 41.2 Å². The Bertz CT molecular complexity index is 787. The molecule has 0 aromatic heterocycles. The standard InChI is InChI=1S/C16H12Cl3NO4/c1-22-15-10(18)4-8(5-11(15)19)16(21)20-12-7-14-13(6-9(12)17)23-2-3-24-14/h4-7H,2-3H2,1H3,(H,20,21). The first kappa shape index (κ1) is 17.0. The molecule has 1 aliphatic heterocycles. The molecule has 0 spiro atoms. The third-order valence-corrected chi connectivity index (χ3v) is 4.22. The summed E-state index contributed by atoms with van der Waals surface area (Å²) in [5.74, 6) is 0.957. The van der Waals surface area contributed by atoms with Gasteiger partial charge in [0.05, 0.1) is 27.9 Å². The van der Waals surface area contributed by atoms with Gasteiger partial charge in [-0.1, -0.05) is 34.8 Å². The zero-order valence-corrected chi connectivity index (χ0v) is 14.8. The maximum absolute atomic E-state index is 12.4. The van der Waals surface area contributed by atoms with Crippen molar-refractivity contribution in [2.45, 2.75) is 0 Å². The van der Waals surface area contributed by atoms with E-state index in [-0.39, 0.29) is 15.6 Å². The lowest BCUT2D eigenvalue weighted by Gasteiger charge is -2.20. The predicted octanol–water partition coefficient (Wildman–Crippen LogP) is 4.68. The highest BCUT2D eigenvalue weighted by molar-refractivity contribution is 6.38. The van der Waals surface area contributed by atoms with E-state index in [1.54, 1.807) is 12.1 Å². The van der Waals surface area contributed by atoms with Crippen molar-refractivity contribution in [3.63, 3.8) is 0 Å². The van der Waals surface area contributed by atoms with Crippen molar-refractivity contribution in [1.29, 1.82) is 0 Å². The lowest BCUT2D eigenvalue weighted by atomic mass is 10.2. The van der Waals surface area contributed by atoms with Crippen LogP contribution in [0.1, 0.15) is 10.4 Å². The van der Waals surface area contributed by atoms with Crippen LogP contribution in [0.3, 0.4) is 0 Å². The van der Waals surface area contributed by atoms with Crippen LogP contribution in [-0.2, 0) is 0 Å². The molecule has 1 amide bonds. The van der Waals surface area contributed by atoms with Crippen molar-refractivity contribution in [2.75, 3.05) is 25.6 Å². The third-order valence-electron chi connectivity index (χ3n) is 3.34. The van der Waals surface area contributed by atoms with E-state index < -0.39 is 5.91 Å². The molecule has 126 valence electrons. The first-order valence-corrected chi connectivity index (χ1v) is 8.06. The molecule has 0 saturated heterocycles. The second kappa shape index (κ2) is 6.97. The summed E-state index contributed by atoms with van der Waals surface area (Å²) < 4.78 is 16.0. The van der Waals surface area contributed by atoms with Crippen molar-refractivity contribution in [1.82, 2.24) is 0 Å². The molecule has 2 aromatic rings. The minimum Gasteiger partial charge on any atom is -0.494 e. The van der Waals surface area contributed by atoms with Crippen molar-refractivity contribution in [3.05, 3.63) is 44.9 Å². The zero-order chi connectivity index (χ0) is 17.3. The number of fused-ring (bicyclic) bond motifs is 1. The van der Waals surface area contributed by atoms with E-state index in [4.69, 9.17) is 49.0 Å². The van der Waals surface area contributed by atoms with Crippen LogP contribution in [0, 0.1) is 0 Å². The average Bonchev–Trinajstić information content (AvgIpc) is 2.55. The Morgan fingerprint density at radius 2 is 1.58 bits per heavy atom. The highest BCUT2D eigenvalue weighted by Crippen LogP contribution is 2.38. The topological polar surface area (TPSA) is 56.8 Å². The molecule has 2 aromatic carbocycles. The number of benzene rings is 2. The molecule has 3 rings (SSSR count). The lowest BCUT2D eigenvalue weighted by molar-refractivity contribution is 0.102. The van der Waals surface area contributed by atoms with Crippen LogP contribution in [0.2, 0.25) is 15.1 Å². The molecule has 0 atom stereocenters. The van der Waals surface area contributed by atoms with Gasteiger partial charge in [-0.3, -0.25) is 4.79 Å². The number of methoxy groups -OCH3 is 1. The SMILES string of the molecule is COc1c(Cl)cc(C(=O)Nc2cc3c(cc2Cl)OCCO3)cc1Cl. The first-order chi connectivity index (χ1) is 11.5. The van der Waals surface area contributed by atoms with Crippen molar-refractivity contribution < 1.29 is 19.0 Å². The summed E-state index contributed by atoms with van der Waals surface area (Å²) in [6.45, 7) is 0.892. The molecular formula is C16H12Cl3NO4. The number of carbonyl (C=O) groups excluding carboxylic acids is 1. The smallest absolute Gasteiger partial charge is 0.255 e. The van der Waals surface area contributed by atoms with Crippen molar-refractivity contribution in [2.24, 2.45) is 0 Å². The number of halogens is 3. The Morgan fingerprint density at radius 3 is 2.17 bits per heavy atom. The van der Waals surface area contributed by atoms with Gasteiger partial charge in [0.15, 0.2) is 17.2 Å². The maximum Gasteiger partial charge on any atom is 0.255 e. The molecule has 0 saturated carbocycles. The van der Waals surface area contributed by atoms with Gasteiger partial charge in [-0.25, -0.2) is 0 Å². The third kappa shape index (κ3) is 3.34. The fourth-order valence-corrected chi connectivity index (χ4v) is 3.08. The Morgan fingerprint density at radius 1 is 1.00 bits per heavy atom. The monoisotopic (exact) mass is 387 g/mol. The quantitative estimate of drug-likeness (QED) is 0.829. The number of carbonyl (C=O) groups is 1. The largest absolute Gasteiger partial charge is 0.494 e.